The lowest BCUT2D eigenvalue weighted by atomic mass is 10.1. The molecule has 0 radical (unpaired) electrons. The normalized spacial score (nSPS) is 40.4. The second-order valence-corrected chi connectivity index (χ2v) is 2.98. The summed E-state index contributed by atoms with van der Waals surface area (Å²) in [5.74, 6) is 1.14. The van der Waals surface area contributed by atoms with Crippen molar-refractivity contribution in [1.29, 1.82) is 0 Å². The molecule has 0 heterocycles. The Labute approximate surface area is 53.8 Å². The summed E-state index contributed by atoms with van der Waals surface area (Å²) in [6, 6.07) is 0. The lowest BCUT2D eigenvalue weighted by Gasteiger charge is -2.08. The van der Waals surface area contributed by atoms with Crippen molar-refractivity contribution >= 4 is 0 Å². The summed E-state index contributed by atoms with van der Waals surface area (Å²) in [5, 5.41) is 18.2. The molecule has 2 aliphatic rings. The first-order valence-electron chi connectivity index (χ1n) is 3.41. The van der Waals surface area contributed by atoms with Crippen molar-refractivity contribution in [2.75, 3.05) is 0 Å². The van der Waals surface area contributed by atoms with Crippen LogP contribution in [0.25, 0.3) is 0 Å². The maximum Gasteiger partial charge on any atom is 0.133 e. The second-order valence-electron chi connectivity index (χ2n) is 2.98. The van der Waals surface area contributed by atoms with Gasteiger partial charge in [-0.1, -0.05) is 0 Å². The molecular weight excluding hydrogens is 116 g/mol. The van der Waals surface area contributed by atoms with Gasteiger partial charge in [-0.15, -0.1) is 0 Å². The van der Waals surface area contributed by atoms with Crippen molar-refractivity contribution in [2.24, 2.45) is 11.8 Å². The van der Waals surface area contributed by atoms with Crippen LogP contribution in [0.2, 0.25) is 0 Å². The maximum atomic E-state index is 9.12. The van der Waals surface area contributed by atoms with Gasteiger partial charge < -0.3 is 10.2 Å². The Hall–Kier alpha value is -0.660. The molecule has 9 heavy (non-hydrogen) atoms. The van der Waals surface area contributed by atoms with Gasteiger partial charge in [0.15, 0.2) is 0 Å². The Morgan fingerprint density at radius 1 is 1.00 bits per heavy atom. The van der Waals surface area contributed by atoms with E-state index >= 15 is 0 Å². The Balaban J connectivity index is 2.36. The number of rotatable bonds is 0. The minimum atomic E-state index is 0.270. The average molecular weight is 126 g/mol. The van der Waals surface area contributed by atoms with Crippen LogP contribution in [0.15, 0.2) is 11.5 Å². The largest absolute Gasteiger partial charge is 0.509 e. The number of aliphatic hydroxyl groups excluding tert-OH is 2. The maximum absolute atomic E-state index is 9.12. The molecule has 0 saturated heterocycles. The van der Waals surface area contributed by atoms with Crippen molar-refractivity contribution in [3.8, 4) is 0 Å². The SMILES string of the molecule is OC1=C(O)[C@H]2CC[C@@H]1C2. The highest BCUT2D eigenvalue weighted by Gasteiger charge is 2.39. The van der Waals surface area contributed by atoms with E-state index in [4.69, 9.17) is 10.2 Å². The number of hydrogen-bond donors (Lipinski definition) is 2. The standard InChI is InChI=1S/C7H10O2/c8-6-4-1-2-5(3-4)7(6)9/h4-5,8-9H,1-3H2/t4-,5+. The summed E-state index contributed by atoms with van der Waals surface area (Å²) in [6.07, 6.45) is 3.12. The smallest absolute Gasteiger partial charge is 0.133 e. The van der Waals surface area contributed by atoms with Gasteiger partial charge in [-0.05, 0) is 19.3 Å². The molecule has 2 rings (SSSR count). The van der Waals surface area contributed by atoms with Crippen molar-refractivity contribution in [3.05, 3.63) is 11.5 Å². The number of allylic oxidation sites excluding steroid dienone is 2. The fourth-order valence-electron chi connectivity index (χ4n) is 1.90. The highest BCUT2D eigenvalue weighted by molar-refractivity contribution is 5.17. The van der Waals surface area contributed by atoms with Crippen LogP contribution in [0.5, 0.6) is 0 Å². The number of fused-ring (bicyclic) bond motifs is 2. The molecule has 0 aromatic rings. The Morgan fingerprint density at radius 2 is 1.44 bits per heavy atom. The molecule has 2 heteroatoms. The fraction of sp³-hybridized carbons (Fsp3) is 0.714. The molecule has 1 fully saturated rings. The summed E-state index contributed by atoms with van der Waals surface area (Å²) in [5.41, 5.74) is 0. The van der Waals surface area contributed by atoms with Crippen molar-refractivity contribution < 1.29 is 10.2 Å². The lowest BCUT2D eigenvalue weighted by molar-refractivity contribution is 0.269. The zero-order valence-electron chi connectivity index (χ0n) is 5.17. The zero-order chi connectivity index (χ0) is 6.43. The predicted molar refractivity (Wildman–Crippen MR) is 33.1 cm³/mol. The van der Waals surface area contributed by atoms with Gasteiger partial charge in [-0.25, -0.2) is 0 Å². The third-order valence-corrected chi connectivity index (χ3v) is 2.47. The minimum Gasteiger partial charge on any atom is -0.509 e. The van der Waals surface area contributed by atoms with Crippen LogP contribution in [0, 0.1) is 11.8 Å². The van der Waals surface area contributed by atoms with Gasteiger partial charge in [0.05, 0.1) is 0 Å². The second kappa shape index (κ2) is 1.43. The summed E-state index contributed by atoms with van der Waals surface area (Å²) in [4.78, 5) is 0. The highest BCUT2D eigenvalue weighted by atomic mass is 16.3. The quantitative estimate of drug-likeness (QED) is 0.519. The number of hydrogen-bond acceptors (Lipinski definition) is 2. The molecule has 2 atom stereocenters. The van der Waals surface area contributed by atoms with Gasteiger partial charge >= 0.3 is 0 Å². The fourth-order valence-corrected chi connectivity index (χ4v) is 1.90. The van der Waals surface area contributed by atoms with E-state index in [0.29, 0.717) is 11.8 Å². The summed E-state index contributed by atoms with van der Waals surface area (Å²) < 4.78 is 0. The first-order valence-corrected chi connectivity index (χ1v) is 3.41. The number of aliphatic hydroxyl groups is 2. The highest BCUT2D eigenvalue weighted by Crippen LogP contribution is 2.45. The van der Waals surface area contributed by atoms with E-state index in [1.165, 1.54) is 0 Å². The van der Waals surface area contributed by atoms with Crippen molar-refractivity contribution in [3.63, 3.8) is 0 Å². The molecule has 2 bridgehead atoms. The Bertz CT molecular complexity index is 154. The molecule has 0 amide bonds. The molecule has 0 spiro atoms. The minimum absolute atomic E-state index is 0.270. The van der Waals surface area contributed by atoms with E-state index in [0.717, 1.165) is 19.3 Å². The van der Waals surface area contributed by atoms with Crippen LogP contribution < -0.4 is 0 Å². The molecule has 2 N–H and O–H groups in total. The van der Waals surface area contributed by atoms with Crippen LogP contribution in [0.3, 0.4) is 0 Å². The topological polar surface area (TPSA) is 40.5 Å². The Morgan fingerprint density at radius 3 is 1.67 bits per heavy atom. The van der Waals surface area contributed by atoms with Gasteiger partial charge in [0, 0.05) is 11.8 Å². The molecule has 2 nitrogen and oxygen atoms in total. The van der Waals surface area contributed by atoms with Crippen LogP contribution in [0.1, 0.15) is 19.3 Å². The first-order chi connectivity index (χ1) is 4.29. The molecule has 2 aliphatic carbocycles. The summed E-state index contributed by atoms with van der Waals surface area (Å²) >= 11 is 0. The van der Waals surface area contributed by atoms with E-state index < -0.39 is 0 Å². The molecule has 50 valence electrons. The summed E-state index contributed by atoms with van der Waals surface area (Å²) in [7, 11) is 0. The van der Waals surface area contributed by atoms with Gasteiger partial charge in [-0.2, -0.15) is 0 Å². The third kappa shape index (κ3) is 0.506. The van der Waals surface area contributed by atoms with Crippen LogP contribution in [-0.4, -0.2) is 10.2 Å². The van der Waals surface area contributed by atoms with E-state index in [1.54, 1.807) is 0 Å². The molecule has 0 aromatic carbocycles. The van der Waals surface area contributed by atoms with E-state index in [-0.39, 0.29) is 11.5 Å². The Kier molecular flexibility index (Phi) is 0.821. The van der Waals surface area contributed by atoms with Gasteiger partial charge in [-0.3, -0.25) is 0 Å². The van der Waals surface area contributed by atoms with E-state index in [9.17, 15) is 0 Å². The summed E-state index contributed by atoms with van der Waals surface area (Å²) in [6.45, 7) is 0. The molecule has 1 saturated carbocycles. The van der Waals surface area contributed by atoms with Crippen molar-refractivity contribution in [2.45, 2.75) is 19.3 Å². The molecule has 0 unspecified atom stereocenters. The molecular formula is C7H10O2. The third-order valence-electron chi connectivity index (χ3n) is 2.47. The van der Waals surface area contributed by atoms with Crippen LogP contribution in [-0.2, 0) is 0 Å². The van der Waals surface area contributed by atoms with E-state index in [2.05, 4.69) is 0 Å². The molecule has 0 aliphatic heterocycles. The van der Waals surface area contributed by atoms with Gasteiger partial charge in [0.25, 0.3) is 0 Å². The first kappa shape index (κ1) is 5.15. The average Bonchev–Trinajstić information content (AvgIpc) is 2.37. The van der Waals surface area contributed by atoms with Gasteiger partial charge in [0.1, 0.15) is 11.5 Å². The predicted octanol–water partition coefficient (Wildman–Crippen LogP) is 1.74. The lowest BCUT2D eigenvalue weighted by Crippen LogP contribution is -2.01. The monoisotopic (exact) mass is 126 g/mol. The van der Waals surface area contributed by atoms with Gasteiger partial charge in [0.2, 0.25) is 0 Å². The van der Waals surface area contributed by atoms with Crippen LogP contribution in [0.4, 0.5) is 0 Å². The van der Waals surface area contributed by atoms with Crippen molar-refractivity contribution in [1.82, 2.24) is 0 Å². The molecule has 0 aromatic heterocycles. The zero-order valence-corrected chi connectivity index (χ0v) is 5.17. The van der Waals surface area contributed by atoms with Crippen LogP contribution >= 0.6 is 0 Å². The van der Waals surface area contributed by atoms with E-state index in [1.807, 2.05) is 0 Å².